The monoisotopic (exact) mass is 370 g/mol. The van der Waals surface area contributed by atoms with Crippen LogP contribution in [0.5, 0.6) is 5.75 Å². The van der Waals surface area contributed by atoms with Crippen LogP contribution >= 0.6 is 0 Å². The molecule has 9 heteroatoms. The molecule has 1 heterocycles. The molecule has 0 aliphatic carbocycles. The second-order valence-corrected chi connectivity index (χ2v) is 9.41. The van der Waals surface area contributed by atoms with Crippen LogP contribution in [0.1, 0.15) is 39.3 Å². The number of hydrogen-bond acceptors (Lipinski definition) is 6. The van der Waals surface area contributed by atoms with Gasteiger partial charge in [-0.2, -0.15) is 0 Å². The van der Waals surface area contributed by atoms with Gasteiger partial charge in [0.1, 0.15) is 5.75 Å². The Morgan fingerprint density at radius 2 is 1.68 bits per heavy atom. The highest BCUT2D eigenvalue weighted by Crippen LogP contribution is 2.37. The summed E-state index contributed by atoms with van der Waals surface area (Å²) in [6.45, 7) is 7.78. The number of phenols is 1. The van der Waals surface area contributed by atoms with Gasteiger partial charge in [-0.25, -0.2) is 13.6 Å². The molecule has 140 valence electrons. The topological polar surface area (TPSA) is 102 Å². The minimum absolute atomic E-state index is 0.0171. The van der Waals surface area contributed by atoms with Gasteiger partial charge in [0.05, 0.1) is 17.0 Å². The van der Waals surface area contributed by atoms with Crippen molar-refractivity contribution < 1.29 is 22.8 Å². The van der Waals surface area contributed by atoms with Crippen LogP contribution in [0.15, 0.2) is 18.2 Å². The molecule has 1 atom stereocenters. The molecular weight excluding hydrogens is 343 g/mol. The van der Waals surface area contributed by atoms with Crippen molar-refractivity contribution in [3.8, 4) is 5.75 Å². The third kappa shape index (κ3) is 4.54. The molecule has 0 bridgehead atoms. The minimum atomic E-state index is -3.68. The zero-order valence-corrected chi connectivity index (χ0v) is 16.4. The van der Waals surface area contributed by atoms with Crippen molar-refractivity contribution in [2.45, 2.75) is 44.9 Å². The molecule has 1 fully saturated rings. The Balaban J connectivity index is 2.41. The second-order valence-electron chi connectivity index (χ2n) is 7.76. The van der Waals surface area contributed by atoms with Gasteiger partial charge in [0.2, 0.25) is 10.0 Å². The number of nitrogens with two attached hydrogens (primary N) is 1. The average Bonchev–Trinajstić information content (AvgIpc) is 2.63. The Bertz CT molecular complexity index is 733. The molecule has 0 radical (unpaired) electrons. The number of nitrogens with zero attached hydrogens (tertiary/aromatic N) is 1. The fourth-order valence-corrected chi connectivity index (χ4v) is 3.66. The smallest absolute Gasteiger partial charge is 0.494 e. The molecule has 1 aliphatic rings. The van der Waals surface area contributed by atoms with Gasteiger partial charge in [-0.15, -0.1) is 0 Å². The van der Waals surface area contributed by atoms with Crippen molar-refractivity contribution in [1.82, 2.24) is 4.90 Å². The highest BCUT2D eigenvalue weighted by molar-refractivity contribution is 7.89. The number of rotatable bonds is 5. The first kappa shape index (κ1) is 20.2. The molecule has 25 heavy (non-hydrogen) atoms. The van der Waals surface area contributed by atoms with Crippen LogP contribution in [-0.2, 0) is 19.3 Å². The minimum Gasteiger partial charge on any atom is -0.508 e. The first-order valence-corrected chi connectivity index (χ1v) is 9.80. The van der Waals surface area contributed by atoms with Crippen molar-refractivity contribution in [3.05, 3.63) is 23.8 Å². The predicted octanol–water partition coefficient (Wildman–Crippen LogP) is 0.583. The Kier molecular flexibility index (Phi) is 5.29. The molecule has 3 N–H and O–H groups in total. The van der Waals surface area contributed by atoms with Gasteiger partial charge in [-0.05, 0) is 64.9 Å². The Morgan fingerprint density at radius 3 is 2.12 bits per heavy atom. The summed E-state index contributed by atoms with van der Waals surface area (Å²) in [5, 5.41) is 15.3. The van der Waals surface area contributed by atoms with Gasteiger partial charge in [0.15, 0.2) is 0 Å². The van der Waals surface area contributed by atoms with Crippen molar-refractivity contribution >= 4 is 22.6 Å². The predicted molar refractivity (Wildman–Crippen MR) is 98.2 cm³/mol. The maximum Gasteiger partial charge on any atom is 0.494 e. The maximum absolute atomic E-state index is 11.6. The van der Waals surface area contributed by atoms with Gasteiger partial charge in [0.25, 0.3) is 0 Å². The summed E-state index contributed by atoms with van der Waals surface area (Å²) >= 11 is 0. The van der Waals surface area contributed by atoms with E-state index in [4.69, 9.17) is 14.4 Å². The Labute approximate surface area is 150 Å². The molecule has 2 rings (SSSR count). The molecular formula is C16H27BN2O5S. The maximum atomic E-state index is 11.6. The summed E-state index contributed by atoms with van der Waals surface area (Å²) in [5.41, 5.74) is 0.244. The molecule has 1 aromatic rings. The van der Waals surface area contributed by atoms with Gasteiger partial charge < -0.3 is 19.3 Å². The van der Waals surface area contributed by atoms with E-state index >= 15 is 0 Å². The van der Waals surface area contributed by atoms with E-state index in [1.165, 1.54) is 6.07 Å². The molecule has 0 amide bonds. The van der Waals surface area contributed by atoms with Gasteiger partial charge in [-0.1, -0.05) is 6.07 Å². The molecule has 1 unspecified atom stereocenters. The van der Waals surface area contributed by atoms with E-state index in [-0.39, 0.29) is 11.5 Å². The molecule has 1 aliphatic heterocycles. The fraction of sp³-hybridized carbons (Fsp3) is 0.625. The van der Waals surface area contributed by atoms with E-state index in [0.717, 1.165) is 0 Å². The zero-order valence-electron chi connectivity index (χ0n) is 15.6. The lowest BCUT2D eigenvalue weighted by Gasteiger charge is -2.32. The van der Waals surface area contributed by atoms with E-state index in [0.29, 0.717) is 11.0 Å². The lowest BCUT2D eigenvalue weighted by molar-refractivity contribution is 0.00578. The SMILES string of the molecule is CN(C)C(CS(N)(=O)=O)c1cc(O)cc(B2OC(C)(C)C(C)(C)O2)c1. The summed E-state index contributed by atoms with van der Waals surface area (Å²) in [6, 6.07) is 4.39. The number of phenolic OH excluding ortho intramolecular Hbond substituents is 1. The summed E-state index contributed by atoms with van der Waals surface area (Å²) in [6.07, 6.45) is 0. The van der Waals surface area contributed by atoms with Crippen LogP contribution in [0.4, 0.5) is 0 Å². The van der Waals surface area contributed by atoms with Gasteiger partial charge in [0, 0.05) is 6.04 Å². The second kappa shape index (κ2) is 6.55. The standard InChI is InChI=1S/C16H27BN2O5S/c1-15(2)16(3,4)24-17(23-15)12-7-11(8-13(20)9-12)14(19(5)6)10-25(18,21)22/h7-9,14,20H,10H2,1-6H3,(H2,18,21,22). The third-order valence-electron chi connectivity index (χ3n) is 4.89. The normalized spacial score (nSPS) is 20.9. The summed E-state index contributed by atoms with van der Waals surface area (Å²) in [7, 11) is -0.813. The largest absolute Gasteiger partial charge is 0.508 e. The van der Waals surface area contributed by atoms with Crippen LogP contribution < -0.4 is 10.6 Å². The molecule has 1 saturated heterocycles. The lowest BCUT2D eigenvalue weighted by atomic mass is 9.77. The van der Waals surface area contributed by atoms with Crippen LogP contribution in [0.3, 0.4) is 0 Å². The summed E-state index contributed by atoms with van der Waals surface area (Å²) in [5.74, 6) is -0.241. The Hall–Kier alpha value is -1.13. The molecule has 0 aromatic heterocycles. The number of primary sulfonamides is 1. The Morgan fingerprint density at radius 1 is 1.16 bits per heavy atom. The van der Waals surface area contributed by atoms with Crippen LogP contribution in [0.2, 0.25) is 0 Å². The van der Waals surface area contributed by atoms with Crippen LogP contribution in [0.25, 0.3) is 0 Å². The van der Waals surface area contributed by atoms with Crippen LogP contribution in [0, 0.1) is 0 Å². The van der Waals surface area contributed by atoms with Crippen LogP contribution in [-0.4, -0.2) is 56.6 Å². The number of aromatic hydroxyl groups is 1. The van der Waals surface area contributed by atoms with Gasteiger partial charge in [-0.3, -0.25) is 0 Å². The van der Waals surface area contributed by atoms with Crippen molar-refractivity contribution in [2.24, 2.45) is 5.14 Å². The first-order chi connectivity index (χ1) is 11.2. The van der Waals surface area contributed by atoms with Gasteiger partial charge >= 0.3 is 7.12 Å². The summed E-state index contributed by atoms with van der Waals surface area (Å²) in [4.78, 5) is 1.74. The van der Waals surface area contributed by atoms with E-state index in [1.807, 2.05) is 27.7 Å². The highest BCUT2D eigenvalue weighted by Gasteiger charge is 2.51. The number of sulfonamides is 1. The number of benzene rings is 1. The van der Waals surface area contributed by atoms with Crippen molar-refractivity contribution in [3.63, 3.8) is 0 Å². The summed E-state index contributed by atoms with van der Waals surface area (Å²) < 4.78 is 35.1. The molecule has 0 spiro atoms. The quantitative estimate of drug-likeness (QED) is 0.736. The third-order valence-corrected chi connectivity index (χ3v) is 5.67. The average molecular weight is 370 g/mol. The first-order valence-electron chi connectivity index (χ1n) is 8.08. The van der Waals surface area contributed by atoms with E-state index < -0.39 is 34.4 Å². The van der Waals surface area contributed by atoms with Crippen molar-refractivity contribution in [1.29, 1.82) is 0 Å². The van der Waals surface area contributed by atoms with Crippen molar-refractivity contribution in [2.75, 3.05) is 19.8 Å². The fourth-order valence-electron chi connectivity index (χ4n) is 2.73. The lowest BCUT2D eigenvalue weighted by Crippen LogP contribution is -2.41. The number of hydrogen-bond donors (Lipinski definition) is 2. The molecule has 0 saturated carbocycles. The van der Waals surface area contributed by atoms with E-state index in [2.05, 4.69) is 0 Å². The van der Waals surface area contributed by atoms with E-state index in [1.54, 1.807) is 31.1 Å². The molecule has 7 nitrogen and oxygen atoms in total. The molecule has 1 aromatic carbocycles. The highest BCUT2D eigenvalue weighted by atomic mass is 32.2. The van der Waals surface area contributed by atoms with E-state index in [9.17, 15) is 13.5 Å². The zero-order chi connectivity index (χ0) is 19.2.